The highest BCUT2D eigenvalue weighted by Crippen LogP contribution is 2.60. The largest absolute Gasteiger partial charge is 0.0651 e. The first kappa shape index (κ1) is 16.4. The van der Waals surface area contributed by atoms with E-state index in [1.807, 2.05) is 0 Å². The van der Waals surface area contributed by atoms with Gasteiger partial charge in [-0.05, 0) is 67.1 Å². The highest BCUT2D eigenvalue weighted by atomic mass is 14.6. The molecule has 0 aliphatic heterocycles. The van der Waals surface area contributed by atoms with Crippen molar-refractivity contribution in [3.63, 3.8) is 0 Å². The fourth-order valence-electron chi connectivity index (χ4n) is 5.01. The van der Waals surface area contributed by atoms with Gasteiger partial charge in [-0.25, -0.2) is 0 Å². The molecule has 0 heteroatoms. The van der Waals surface area contributed by atoms with Crippen molar-refractivity contribution >= 4 is 0 Å². The normalized spacial score (nSPS) is 40.4. The van der Waals surface area contributed by atoms with Crippen LogP contribution in [0.3, 0.4) is 0 Å². The second-order valence-corrected chi connectivity index (χ2v) is 8.48. The Bertz CT molecular complexity index is 286. The lowest BCUT2D eigenvalue weighted by molar-refractivity contribution is 0.180. The zero-order valence-electron chi connectivity index (χ0n) is 14.8. The minimum absolute atomic E-state index is 0.703. The summed E-state index contributed by atoms with van der Waals surface area (Å²) in [6.07, 6.45) is 13.3. The van der Waals surface area contributed by atoms with Crippen LogP contribution in [0.4, 0.5) is 0 Å². The fourth-order valence-corrected chi connectivity index (χ4v) is 5.01. The third kappa shape index (κ3) is 3.60. The smallest absolute Gasteiger partial charge is 0.0269 e. The maximum atomic E-state index is 2.55. The number of hydrogen-bond donors (Lipinski definition) is 0. The molecule has 4 atom stereocenters. The summed E-state index contributed by atoms with van der Waals surface area (Å²) in [5.74, 6) is 5.06. The van der Waals surface area contributed by atoms with Crippen molar-refractivity contribution in [2.45, 2.75) is 92.4 Å². The molecule has 2 aliphatic carbocycles. The fraction of sp³-hybridized carbons (Fsp3) is 1.00. The van der Waals surface area contributed by atoms with Crippen LogP contribution in [0.25, 0.3) is 0 Å². The van der Waals surface area contributed by atoms with E-state index in [-0.39, 0.29) is 0 Å². The molecule has 0 bridgehead atoms. The Kier molecular flexibility index (Phi) is 5.60. The van der Waals surface area contributed by atoms with Gasteiger partial charge in [0.1, 0.15) is 0 Å². The number of hydrogen-bond acceptors (Lipinski definition) is 0. The topological polar surface area (TPSA) is 0 Å². The molecule has 0 saturated heterocycles. The molecule has 20 heavy (non-hydrogen) atoms. The molecule has 0 N–H and O–H groups in total. The van der Waals surface area contributed by atoms with Crippen molar-refractivity contribution in [1.82, 2.24) is 0 Å². The molecular formula is C20H38. The van der Waals surface area contributed by atoms with Gasteiger partial charge in [0.05, 0.1) is 0 Å². The predicted molar refractivity (Wildman–Crippen MR) is 89.8 cm³/mol. The predicted octanol–water partition coefficient (Wildman–Crippen LogP) is 6.69. The van der Waals surface area contributed by atoms with Crippen molar-refractivity contribution < 1.29 is 0 Å². The molecule has 0 aromatic rings. The van der Waals surface area contributed by atoms with Crippen LogP contribution in [0.2, 0.25) is 0 Å². The number of rotatable bonds is 7. The van der Waals surface area contributed by atoms with Crippen LogP contribution in [-0.2, 0) is 0 Å². The first-order valence-electron chi connectivity index (χ1n) is 9.51. The molecule has 0 nitrogen and oxygen atoms in total. The lowest BCUT2D eigenvalue weighted by Gasteiger charge is -2.33. The van der Waals surface area contributed by atoms with Crippen LogP contribution < -0.4 is 0 Å². The van der Waals surface area contributed by atoms with E-state index >= 15 is 0 Å². The Morgan fingerprint density at radius 1 is 1.05 bits per heavy atom. The van der Waals surface area contributed by atoms with E-state index in [2.05, 4.69) is 34.6 Å². The van der Waals surface area contributed by atoms with Gasteiger partial charge in [0.2, 0.25) is 0 Å². The Morgan fingerprint density at radius 2 is 1.70 bits per heavy atom. The molecule has 118 valence electrons. The molecule has 2 fully saturated rings. The lowest BCUT2D eigenvalue weighted by Crippen LogP contribution is -2.22. The van der Waals surface area contributed by atoms with E-state index in [1.54, 1.807) is 0 Å². The van der Waals surface area contributed by atoms with Crippen molar-refractivity contribution in [2.75, 3.05) is 0 Å². The molecule has 4 unspecified atom stereocenters. The maximum Gasteiger partial charge on any atom is -0.0269 e. The zero-order valence-corrected chi connectivity index (χ0v) is 14.8. The van der Waals surface area contributed by atoms with Crippen molar-refractivity contribution in [2.24, 2.45) is 35.0 Å². The van der Waals surface area contributed by atoms with Crippen LogP contribution in [0.5, 0.6) is 0 Å². The summed E-state index contributed by atoms with van der Waals surface area (Å²) < 4.78 is 0. The summed E-state index contributed by atoms with van der Waals surface area (Å²) >= 11 is 0. The van der Waals surface area contributed by atoms with Gasteiger partial charge in [-0.2, -0.15) is 0 Å². The monoisotopic (exact) mass is 278 g/mol. The molecule has 0 radical (unpaired) electrons. The van der Waals surface area contributed by atoms with E-state index in [1.165, 1.54) is 57.8 Å². The van der Waals surface area contributed by atoms with E-state index in [0.717, 1.165) is 29.6 Å². The molecule has 0 aromatic heterocycles. The van der Waals surface area contributed by atoms with Gasteiger partial charge in [0, 0.05) is 0 Å². The molecule has 2 saturated carbocycles. The molecule has 0 spiro atoms. The highest BCUT2D eigenvalue weighted by Gasteiger charge is 2.51. The van der Waals surface area contributed by atoms with Gasteiger partial charge >= 0.3 is 0 Å². The Hall–Kier alpha value is 0. The van der Waals surface area contributed by atoms with Gasteiger partial charge < -0.3 is 0 Å². The third-order valence-corrected chi connectivity index (χ3v) is 7.30. The average Bonchev–Trinajstić information content (AvgIpc) is 3.13. The summed E-state index contributed by atoms with van der Waals surface area (Å²) in [6, 6.07) is 0. The van der Waals surface area contributed by atoms with Gasteiger partial charge in [0.15, 0.2) is 0 Å². The average molecular weight is 279 g/mol. The summed E-state index contributed by atoms with van der Waals surface area (Å²) in [4.78, 5) is 0. The maximum absolute atomic E-state index is 2.55. The van der Waals surface area contributed by atoms with Crippen LogP contribution in [0.15, 0.2) is 0 Å². The van der Waals surface area contributed by atoms with E-state index in [9.17, 15) is 0 Å². The molecule has 2 aliphatic rings. The van der Waals surface area contributed by atoms with Crippen molar-refractivity contribution in [3.8, 4) is 0 Å². The van der Waals surface area contributed by atoms with Gasteiger partial charge in [0.25, 0.3) is 0 Å². The molecular weight excluding hydrogens is 240 g/mol. The summed E-state index contributed by atoms with van der Waals surface area (Å²) in [5.41, 5.74) is 0.703. The molecule has 2 rings (SSSR count). The second-order valence-electron chi connectivity index (χ2n) is 8.48. The Labute approximate surface area is 128 Å². The van der Waals surface area contributed by atoms with E-state index in [4.69, 9.17) is 0 Å². The SMILES string of the molecule is CCC(CCC(C)C1(C)CC1CC)C1CCC(C)CC1. The summed E-state index contributed by atoms with van der Waals surface area (Å²) in [7, 11) is 0. The molecule has 0 aromatic carbocycles. The highest BCUT2D eigenvalue weighted by molar-refractivity contribution is 5.01. The Morgan fingerprint density at radius 3 is 2.20 bits per heavy atom. The quantitative estimate of drug-likeness (QED) is 0.486. The van der Waals surface area contributed by atoms with Crippen LogP contribution in [0, 0.1) is 35.0 Å². The van der Waals surface area contributed by atoms with Crippen LogP contribution in [-0.4, -0.2) is 0 Å². The molecule has 0 heterocycles. The van der Waals surface area contributed by atoms with Crippen LogP contribution in [0.1, 0.15) is 92.4 Å². The minimum Gasteiger partial charge on any atom is -0.0651 e. The lowest BCUT2D eigenvalue weighted by atomic mass is 9.72. The van der Waals surface area contributed by atoms with Crippen LogP contribution >= 0.6 is 0 Å². The van der Waals surface area contributed by atoms with E-state index < -0.39 is 0 Å². The van der Waals surface area contributed by atoms with E-state index in [0.29, 0.717) is 5.41 Å². The summed E-state index contributed by atoms with van der Waals surface area (Å²) in [6.45, 7) is 12.3. The van der Waals surface area contributed by atoms with Gasteiger partial charge in [-0.3, -0.25) is 0 Å². The van der Waals surface area contributed by atoms with Crippen molar-refractivity contribution in [3.05, 3.63) is 0 Å². The van der Waals surface area contributed by atoms with Gasteiger partial charge in [-0.1, -0.05) is 60.3 Å². The standard InChI is InChI=1S/C20H38/c1-6-17(18-11-8-15(3)9-12-18)13-10-16(4)20(5)14-19(20)7-2/h15-19H,6-14H2,1-5H3. The first-order valence-corrected chi connectivity index (χ1v) is 9.51. The third-order valence-electron chi connectivity index (χ3n) is 7.30. The van der Waals surface area contributed by atoms with Gasteiger partial charge in [-0.15, -0.1) is 0 Å². The summed E-state index contributed by atoms with van der Waals surface area (Å²) in [5, 5.41) is 0. The molecule has 0 amide bonds. The minimum atomic E-state index is 0.703. The zero-order chi connectivity index (χ0) is 14.8. The second kappa shape index (κ2) is 6.84. The Balaban J connectivity index is 1.76. The van der Waals surface area contributed by atoms with Crippen molar-refractivity contribution in [1.29, 1.82) is 0 Å². The first-order chi connectivity index (χ1) is 9.51.